The lowest BCUT2D eigenvalue weighted by Gasteiger charge is -2.19. The van der Waals surface area contributed by atoms with Gasteiger partial charge in [-0.2, -0.15) is 0 Å². The molecular weight excluding hydrogens is 352 g/mol. The summed E-state index contributed by atoms with van der Waals surface area (Å²) < 4.78 is 2.47. The third-order valence-corrected chi connectivity index (χ3v) is 5.62. The fourth-order valence-electron chi connectivity index (χ4n) is 2.96. The number of hydrogen-bond acceptors (Lipinski definition) is 5. The van der Waals surface area contributed by atoms with Crippen LogP contribution in [0.2, 0.25) is 0 Å². The molecule has 2 rings (SSSR count). The molecule has 142 valence electrons. The molecule has 0 aliphatic rings. The van der Waals surface area contributed by atoms with Gasteiger partial charge >= 0.3 is 5.69 Å². The number of rotatable bonds is 7. The Labute approximate surface area is 157 Å². The summed E-state index contributed by atoms with van der Waals surface area (Å²) >= 11 is 1.36. The Balaban J connectivity index is 2.61. The van der Waals surface area contributed by atoms with Crippen molar-refractivity contribution in [3.8, 4) is 0 Å². The van der Waals surface area contributed by atoms with E-state index in [1.165, 1.54) is 23.4 Å². The molecule has 0 aliphatic heterocycles. The molecule has 0 aliphatic carbocycles. The highest BCUT2D eigenvalue weighted by Crippen LogP contribution is 2.29. The first kappa shape index (κ1) is 20.2. The standard InChI is InChI=1S/C18H26N4O3S/c1-6-9-12-10-19-16-14(17(24)21(5)18(25)20(16)4)15(12)26-11-13(23)22(7-2)8-3/h10H,6-9,11H2,1-5H3. The Morgan fingerprint density at radius 2 is 1.81 bits per heavy atom. The second-order valence-corrected chi connectivity index (χ2v) is 7.11. The molecule has 0 saturated heterocycles. The fourth-order valence-corrected chi connectivity index (χ4v) is 4.07. The van der Waals surface area contributed by atoms with E-state index in [9.17, 15) is 14.4 Å². The number of amides is 1. The van der Waals surface area contributed by atoms with Crippen LogP contribution >= 0.6 is 11.8 Å². The van der Waals surface area contributed by atoms with Crippen molar-refractivity contribution in [2.24, 2.45) is 14.1 Å². The molecule has 0 aromatic carbocycles. The van der Waals surface area contributed by atoms with Crippen molar-refractivity contribution in [1.82, 2.24) is 19.0 Å². The van der Waals surface area contributed by atoms with E-state index in [2.05, 4.69) is 11.9 Å². The van der Waals surface area contributed by atoms with Crippen LogP contribution in [-0.4, -0.2) is 43.8 Å². The van der Waals surface area contributed by atoms with Gasteiger partial charge in [0.15, 0.2) is 0 Å². The molecule has 0 unspecified atom stereocenters. The minimum Gasteiger partial charge on any atom is -0.343 e. The summed E-state index contributed by atoms with van der Waals surface area (Å²) in [5.41, 5.74) is 0.517. The summed E-state index contributed by atoms with van der Waals surface area (Å²) in [5, 5.41) is 0.415. The first-order valence-corrected chi connectivity index (χ1v) is 9.83. The van der Waals surface area contributed by atoms with Gasteiger partial charge in [-0.25, -0.2) is 9.78 Å². The number of pyridine rings is 1. The van der Waals surface area contributed by atoms with Crippen molar-refractivity contribution in [2.75, 3.05) is 18.8 Å². The number of aromatic nitrogens is 3. The minimum atomic E-state index is -0.409. The van der Waals surface area contributed by atoms with E-state index in [4.69, 9.17) is 0 Å². The van der Waals surface area contributed by atoms with Gasteiger partial charge in [0.1, 0.15) is 5.65 Å². The maximum atomic E-state index is 12.8. The molecule has 0 atom stereocenters. The molecular formula is C18H26N4O3S. The average Bonchev–Trinajstić information content (AvgIpc) is 2.64. The van der Waals surface area contributed by atoms with Gasteiger partial charge in [0, 0.05) is 38.3 Å². The highest BCUT2D eigenvalue weighted by atomic mass is 32.2. The van der Waals surface area contributed by atoms with Gasteiger partial charge in [-0.15, -0.1) is 11.8 Å². The van der Waals surface area contributed by atoms with Crippen LogP contribution in [0.4, 0.5) is 0 Å². The van der Waals surface area contributed by atoms with Gasteiger partial charge in [-0.3, -0.25) is 18.7 Å². The van der Waals surface area contributed by atoms with Crippen LogP contribution in [0.25, 0.3) is 11.0 Å². The summed E-state index contributed by atoms with van der Waals surface area (Å²) in [6, 6.07) is 0. The minimum absolute atomic E-state index is 0.0362. The van der Waals surface area contributed by atoms with E-state index < -0.39 is 5.69 Å². The molecule has 0 N–H and O–H groups in total. The van der Waals surface area contributed by atoms with Crippen LogP contribution < -0.4 is 11.2 Å². The molecule has 2 heterocycles. The molecule has 26 heavy (non-hydrogen) atoms. The molecule has 8 heteroatoms. The lowest BCUT2D eigenvalue weighted by molar-refractivity contribution is -0.127. The Bertz CT molecular complexity index is 929. The number of nitrogens with zero attached hydrogens (tertiary/aromatic N) is 4. The molecule has 0 saturated carbocycles. The molecule has 0 spiro atoms. The van der Waals surface area contributed by atoms with Gasteiger partial charge in [0.25, 0.3) is 5.56 Å². The molecule has 2 aromatic heterocycles. The second-order valence-electron chi connectivity index (χ2n) is 6.12. The Kier molecular flexibility index (Phi) is 6.63. The predicted molar refractivity (Wildman–Crippen MR) is 105 cm³/mol. The number of hydrogen-bond donors (Lipinski definition) is 0. The monoisotopic (exact) mass is 378 g/mol. The summed E-state index contributed by atoms with van der Waals surface area (Å²) in [4.78, 5) is 44.2. The smallest absolute Gasteiger partial charge is 0.332 e. The SMILES string of the molecule is CCCc1cnc2c(c1SCC(=O)N(CC)CC)c(=O)n(C)c(=O)n2C. The number of carbonyl (C=O) groups is 1. The highest BCUT2D eigenvalue weighted by Gasteiger charge is 2.19. The molecule has 7 nitrogen and oxygen atoms in total. The predicted octanol–water partition coefficient (Wildman–Crippen LogP) is 1.55. The van der Waals surface area contributed by atoms with Gasteiger partial charge in [0.05, 0.1) is 11.1 Å². The van der Waals surface area contributed by atoms with Crippen LogP contribution in [0.3, 0.4) is 0 Å². The summed E-state index contributed by atoms with van der Waals surface area (Å²) in [6.07, 6.45) is 3.38. The van der Waals surface area contributed by atoms with Crippen molar-refractivity contribution < 1.29 is 4.79 Å². The van der Waals surface area contributed by atoms with Gasteiger partial charge in [0.2, 0.25) is 5.91 Å². The normalized spacial score (nSPS) is 11.1. The van der Waals surface area contributed by atoms with E-state index in [0.717, 1.165) is 27.9 Å². The maximum absolute atomic E-state index is 12.8. The number of carbonyl (C=O) groups excluding carboxylic acids is 1. The van der Waals surface area contributed by atoms with Crippen molar-refractivity contribution in [3.63, 3.8) is 0 Å². The second kappa shape index (κ2) is 8.53. The lowest BCUT2D eigenvalue weighted by Crippen LogP contribution is -2.37. The van der Waals surface area contributed by atoms with Crippen molar-refractivity contribution >= 4 is 28.7 Å². The van der Waals surface area contributed by atoms with Crippen molar-refractivity contribution in [2.45, 2.75) is 38.5 Å². The number of thioether (sulfide) groups is 1. The summed E-state index contributed by atoms with van der Waals surface area (Å²) in [6.45, 7) is 7.26. The van der Waals surface area contributed by atoms with E-state index in [1.807, 2.05) is 13.8 Å². The van der Waals surface area contributed by atoms with Crippen LogP contribution in [0.5, 0.6) is 0 Å². The van der Waals surface area contributed by atoms with Gasteiger partial charge in [-0.1, -0.05) is 13.3 Å². The first-order chi connectivity index (χ1) is 12.4. The number of aryl methyl sites for hydroxylation is 2. The Morgan fingerprint density at radius 3 is 2.38 bits per heavy atom. The summed E-state index contributed by atoms with van der Waals surface area (Å²) in [5.74, 6) is 0.290. The van der Waals surface area contributed by atoms with E-state index >= 15 is 0 Å². The molecule has 0 fully saturated rings. The summed E-state index contributed by atoms with van der Waals surface area (Å²) in [7, 11) is 3.07. The lowest BCUT2D eigenvalue weighted by atomic mass is 10.1. The van der Waals surface area contributed by atoms with E-state index in [1.54, 1.807) is 18.1 Å². The molecule has 1 amide bonds. The van der Waals surface area contributed by atoms with Crippen molar-refractivity contribution in [3.05, 3.63) is 32.6 Å². The molecule has 0 radical (unpaired) electrons. The van der Waals surface area contributed by atoms with E-state index in [0.29, 0.717) is 24.1 Å². The Morgan fingerprint density at radius 1 is 1.15 bits per heavy atom. The first-order valence-electron chi connectivity index (χ1n) is 8.85. The third-order valence-electron chi connectivity index (χ3n) is 4.47. The fraction of sp³-hybridized carbons (Fsp3) is 0.556. The zero-order valence-electron chi connectivity index (χ0n) is 16.0. The van der Waals surface area contributed by atoms with Crippen LogP contribution in [0.15, 0.2) is 20.7 Å². The zero-order chi connectivity index (χ0) is 19.4. The quantitative estimate of drug-likeness (QED) is 0.683. The van der Waals surface area contributed by atoms with Gasteiger partial charge < -0.3 is 4.90 Å². The largest absolute Gasteiger partial charge is 0.343 e. The van der Waals surface area contributed by atoms with E-state index in [-0.39, 0.29) is 17.2 Å². The molecule has 2 aromatic rings. The van der Waals surface area contributed by atoms with Crippen LogP contribution in [-0.2, 0) is 25.3 Å². The van der Waals surface area contributed by atoms with Crippen LogP contribution in [0, 0.1) is 0 Å². The third kappa shape index (κ3) is 3.70. The van der Waals surface area contributed by atoms with Crippen molar-refractivity contribution in [1.29, 1.82) is 0 Å². The van der Waals surface area contributed by atoms with Crippen LogP contribution in [0.1, 0.15) is 32.8 Å². The zero-order valence-corrected chi connectivity index (χ0v) is 16.9. The maximum Gasteiger partial charge on any atom is 0.332 e. The Hall–Kier alpha value is -2.09. The average molecular weight is 378 g/mol. The number of fused-ring (bicyclic) bond motifs is 1. The molecule has 0 bridgehead atoms. The topological polar surface area (TPSA) is 77.2 Å². The highest BCUT2D eigenvalue weighted by molar-refractivity contribution is 8.00. The van der Waals surface area contributed by atoms with Gasteiger partial charge in [-0.05, 0) is 25.8 Å².